The minimum absolute atomic E-state index is 0.231. The Morgan fingerprint density at radius 2 is 2.31 bits per heavy atom. The van der Waals surface area contributed by atoms with Gasteiger partial charge in [0.1, 0.15) is 0 Å². The molecule has 3 rings (SSSR count). The van der Waals surface area contributed by atoms with Crippen molar-refractivity contribution in [1.82, 2.24) is 0 Å². The third-order valence-electron chi connectivity index (χ3n) is 3.50. The Morgan fingerprint density at radius 1 is 1.62 bits per heavy atom. The number of fused-ring (bicyclic) bond motifs is 2. The molecule has 0 radical (unpaired) electrons. The summed E-state index contributed by atoms with van der Waals surface area (Å²) in [4.78, 5) is 0. The molecule has 4 atom stereocenters. The van der Waals surface area contributed by atoms with Gasteiger partial charge in [-0.2, -0.15) is 0 Å². The van der Waals surface area contributed by atoms with E-state index >= 15 is 0 Å². The minimum Gasteiger partial charge on any atom is -0.388 e. The molecule has 3 aliphatic carbocycles. The molecule has 1 N–H and O–H groups in total. The first-order valence-electron chi connectivity index (χ1n) is 4.82. The number of aliphatic hydroxyl groups excluding tert-OH is 1. The van der Waals surface area contributed by atoms with Crippen molar-refractivity contribution in [3.63, 3.8) is 0 Å². The fourth-order valence-corrected chi connectivity index (χ4v) is 2.63. The van der Waals surface area contributed by atoms with Crippen molar-refractivity contribution in [2.45, 2.75) is 19.4 Å². The van der Waals surface area contributed by atoms with Crippen LogP contribution in [0.3, 0.4) is 0 Å². The van der Waals surface area contributed by atoms with Crippen LogP contribution in [0.15, 0.2) is 36.5 Å². The molecule has 0 amide bonds. The number of hydrogen-bond donors (Lipinski definition) is 1. The summed E-state index contributed by atoms with van der Waals surface area (Å²) in [5, 5.41) is 9.90. The maximum absolute atomic E-state index is 9.90. The molecule has 0 aromatic rings. The van der Waals surface area contributed by atoms with Gasteiger partial charge >= 0.3 is 0 Å². The topological polar surface area (TPSA) is 20.2 Å². The van der Waals surface area contributed by atoms with E-state index < -0.39 is 0 Å². The molecule has 0 aromatic heterocycles. The van der Waals surface area contributed by atoms with Gasteiger partial charge in [-0.3, -0.25) is 0 Å². The Morgan fingerprint density at radius 3 is 2.92 bits per heavy atom. The van der Waals surface area contributed by atoms with Crippen molar-refractivity contribution < 1.29 is 5.11 Å². The summed E-state index contributed by atoms with van der Waals surface area (Å²) in [6.45, 7) is 9.92. The average molecular weight is 176 g/mol. The van der Waals surface area contributed by atoms with Gasteiger partial charge in [0.25, 0.3) is 0 Å². The first kappa shape index (κ1) is 8.76. The van der Waals surface area contributed by atoms with Gasteiger partial charge < -0.3 is 5.11 Å². The standard InChI is InChI=1S/C12H16O/c1-4-9-6-10-7(2)5-11(9)12(13)8(10)3/h4-5,9-13H,1,3,6H2,2H3/t9-,10-,11-,12?/m1/s1. The predicted octanol–water partition coefficient (Wildman–Crippen LogP) is 2.30. The summed E-state index contributed by atoms with van der Waals surface area (Å²) in [5.74, 6) is 1.06. The highest BCUT2D eigenvalue weighted by atomic mass is 16.3. The first-order valence-corrected chi connectivity index (χ1v) is 4.82. The van der Waals surface area contributed by atoms with E-state index in [1.807, 2.05) is 6.08 Å². The van der Waals surface area contributed by atoms with Crippen LogP contribution < -0.4 is 0 Å². The zero-order valence-corrected chi connectivity index (χ0v) is 8.03. The van der Waals surface area contributed by atoms with Crippen molar-refractivity contribution >= 4 is 0 Å². The fraction of sp³-hybridized carbons (Fsp3) is 0.500. The van der Waals surface area contributed by atoms with Crippen LogP contribution in [0.25, 0.3) is 0 Å². The molecule has 1 saturated carbocycles. The number of aliphatic hydroxyl groups is 1. The lowest BCUT2D eigenvalue weighted by molar-refractivity contribution is 0.0923. The van der Waals surface area contributed by atoms with E-state index in [4.69, 9.17) is 0 Å². The maximum atomic E-state index is 9.90. The van der Waals surface area contributed by atoms with Gasteiger partial charge in [-0.1, -0.05) is 24.3 Å². The van der Waals surface area contributed by atoms with Crippen molar-refractivity contribution in [2.24, 2.45) is 17.8 Å². The summed E-state index contributed by atoms with van der Waals surface area (Å²) < 4.78 is 0. The Bertz CT molecular complexity index is 285. The summed E-state index contributed by atoms with van der Waals surface area (Å²) >= 11 is 0. The zero-order valence-electron chi connectivity index (χ0n) is 8.03. The highest BCUT2D eigenvalue weighted by Gasteiger charge is 2.41. The monoisotopic (exact) mass is 176 g/mol. The molecular formula is C12H16O. The van der Waals surface area contributed by atoms with E-state index in [0.29, 0.717) is 11.8 Å². The van der Waals surface area contributed by atoms with Crippen LogP contribution in [0.2, 0.25) is 0 Å². The van der Waals surface area contributed by atoms with Crippen molar-refractivity contribution in [1.29, 1.82) is 0 Å². The van der Waals surface area contributed by atoms with Gasteiger partial charge in [-0.05, 0) is 24.8 Å². The summed E-state index contributed by atoms with van der Waals surface area (Å²) in [6.07, 6.45) is 4.91. The molecule has 3 aliphatic rings. The number of allylic oxidation sites excluding steroid dienone is 2. The minimum atomic E-state index is -0.342. The van der Waals surface area contributed by atoms with E-state index in [2.05, 4.69) is 26.2 Å². The molecule has 0 saturated heterocycles. The average Bonchev–Trinajstić information content (AvgIpc) is 2.13. The van der Waals surface area contributed by atoms with Crippen LogP contribution in [-0.4, -0.2) is 11.2 Å². The molecule has 0 aliphatic heterocycles. The van der Waals surface area contributed by atoms with Gasteiger partial charge in [-0.15, -0.1) is 6.58 Å². The summed E-state index contributed by atoms with van der Waals surface area (Å²) in [6, 6.07) is 0. The molecule has 70 valence electrons. The van der Waals surface area contributed by atoms with Gasteiger partial charge in [0.05, 0.1) is 6.10 Å². The summed E-state index contributed by atoms with van der Waals surface area (Å²) in [7, 11) is 0. The molecule has 1 heteroatoms. The Kier molecular flexibility index (Phi) is 1.92. The lowest BCUT2D eigenvalue weighted by atomic mass is 9.62. The number of hydrogen-bond acceptors (Lipinski definition) is 1. The second kappa shape index (κ2) is 2.85. The summed E-state index contributed by atoms with van der Waals surface area (Å²) in [5.41, 5.74) is 2.38. The smallest absolute Gasteiger partial charge is 0.0821 e. The first-order chi connectivity index (χ1) is 6.15. The van der Waals surface area contributed by atoms with Crippen molar-refractivity contribution in [3.05, 3.63) is 36.5 Å². The number of rotatable bonds is 1. The second-order valence-electron chi connectivity index (χ2n) is 4.20. The van der Waals surface area contributed by atoms with Gasteiger partial charge in [0.2, 0.25) is 0 Å². The quantitative estimate of drug-likeness (QED) is 0.608. The van der Waals surface area contributed by atoms with Crippen LogP contribution in [0, 0.1) is 17.8 Å². The zero-order chi connectivity index (χ0) is 9.59. The molecular weight excluding hydrogens is 160 g/mol. The van der Waals surface area contributed by atoms with Crippen LogP contribution in [0.1, 0.15) is 13.3 Å². The van der Waals surface area contributed by atoms with E-state index in [1.165, 1.54) is 5.57 Å². The molecule has 0 spiro atoms. The Balaban J connectivity index is 2.39. The molecule has 2 bridgehead atoms. The third kappa shape index (κ3) is 1.11. The van der Waals surface area contributed by atoms with Gasteiger partial charge in [0.15, 0.2) is 0 Å². The van der Waals surface area contributed by atoms with E-state index in [9.17, 15) is 5.11 Å². The van der Waals surface area contributed by atoms with E-state index in [-0.39, 0.29) is 12.0 Å². The third-order valence-corrected chi connectivity index (χ3v) is 3.50. The molecule has 13 heavy (non-hydrogen) atoms. The van der Waals surface area contributed by atoms with Crippen molar-refractivity contribution in [2.75, 3.05) is 0 Å². The fourth-order valence-electron chi connectivity index (χ4n) is 2.63. The van der Waals surface area contributed by atoms with E-state index in [1.54, 1.807) is 0 Å². The second-order valence-corrected chi connectivity index (χ2v) is 4.20. The molecule has 1 fully saturated rings. The SMILES string of the molecule is C=C[C@@H]1C[C@H]2C(=C)C(O)[C@@H]1C=C2C. The largest absolute Gasteiger partial charge is 0.388 e. The normalized spacial score (nSPS) is 43.2. The Labute approximate surface area is 79.5 Å². The van der Waals surface area contributed by atoms with Gasteiger partial charge in [-0.25, -0.2) is 0 Å². The van der Waals surface area contributed by atoms with E-state index in [0.717, 1.165) is 12.0 Å². The lowest BCUT2D eigenvalue weighted by Crippen LogP contribution is -2.41. The van der Waals surface area contributed by atoms with Crippen LogP contribution in [-0.2, 0) is 0 Å². The lowest BCUT2D eigenvalue weighted by Gasteiger charge is -2.44. The highest BCUT2D eigenvalue weighted by molar-refractivity contribution is 5.33. The van der Waals surface area contributed by atoms with Crippen molar-refractivity contribution in [3.8, 4) is 0 Å². The molecule has 0 heterocycles. The highest BCUT2D eigenvalue weighted by Crippen LogP contribution is 2.46. The maximum Gasteiger partial charge on any atom is 0.0821 e. The van der Waals surface area contributed by atoms with Crippen LogP contribution >= 0.6 is 0 Å². The van der Waals surface area contributed by atoms with Gasteiger partial charge in [0, 0.05) is 11.8 Å². The van der Waals surface area contributed by atoms with Crippen LogP contribution in [0.5, 0.6) is 0 Å². The molecule has 1 nitrogen and oxygen atoms in total. The Hall–Kier alpha value is -0.820. The predicted molar refractivity (Wildman–Crippen MR) is 54.2 cm³/mol. The molecule has 0 aromatic carbocycles. The van der Waals surface area contributed by atoms with Crippen LogP contribution in [0.4, 0.5) is 0 Å². The molecule has 1 unspecified atom stereocenters.